The minimum absolute atomic E-state index is 0.0705. The predicted molar refractivity (Wildman–Crippen MR) is 110 cm³/mol. The van der Waals surface area contributed by atoms with Crippen LogP contribution in [0.3, 0.4) is 0 Å². The molecule has 2 amide bonds. The van der Waals surface area contributed by atoms with Crippen LogP contribution in [0.4, 0.5) is 10.8 Å². The van der Waals surface area contributed by atoms with Gasteiger partial charge in [0.15, 0.2) is 5.13 Å². The first-order chi connectivity index (χ1) is 13.1. The molecule has 3 aromatic carbocycles. The third kappa shape index (κ3) is 3.66. The third-order valence-electron chi connectivity index (χ3n) is 4.23. The van der Waals surface area contributed by atoms with Crippen LogP contribution in [0.1, 0.15) is 23.7 Å². The van der Waals surface area contributed by atoms with Crippen molar-refractivity contribution in [2.45, 2.75) is 13.3 Å². The number of rotatable bonds is 4. The average Bonchev–Trinajstić information content (AvgIpc) is 3.08. The molecule has 4 aromatic rings. The van der Waals surface area contributed by atoms with Gasteiger partial charge in [-0.15, -0.1) is 0 Å². The summed E-state index contributed by atoms with van der Waals surface area (Å²) in [5.41, 5.74) is 2.08. The first-order valence-electron chi connectivity index (χ1n) is 8.63. The molecule has 1 heterocycles. The molecule has 0 atom stereocenters. The molecule has 27 heavy (non-hydrogen) atoms. The maximum Gasteiger partial charge on any atom is 0.255 e. The lowest BCUT2D eigenvalue weighted by Crippen LogP contribution is -2.11. The molecule has 0 radical (unpaired) electrons. The van der Waals surface area contributed by atoms with Gasteiger partial charge in [-0.05, 0) is 41.1 Å². The summed E-state index contributed by atoms with van der Waals surface area (Å²) in [5.74, 6) is -0.233. The standard InChI is InChI=1S/C21H17N3O2S/c1-2-19(25)24-21-23-17-10-9-16(12-18(17)27-21)22-20(26)15-8-7-13-5-3-4-6-14(13)11-15/h3-12H,2H2,1H3,(H,22,26)(H,23,24,25). The number of hydrogen-bond acceptors (Lipinski definition) is 4. The summed E-state index contributed by atoms with van der Waals surface area (Å²) in [5, 5.41) is 8.38. The van der Waals surface area contributed by atoms with Crippen LogP contribution in [0.15, 0.2) is 60.7 Å². The van der Waals surface area contributed by atoms with Gasteiger partial charge >= 0.3 is 0 Å². The summed E-state index contributed by atoms with van der Waals surface area (Å²) in [4.78, 5) is 28.5. The zero-order valence-electron chi connectivity index (χ0n) is 14.7. The molecule has 0 bridgehead atoms. The van der Waals surface area contributed by atoms with E-state index in [-0.39, 0.29) is 11.8 Å². The second kappa shape index (κ2) is 7.17. The summed E-state index contributed by atoms with van der Waals surface area (Å²) < 4.78 is 0.901. The molecule has 6 heteroatoms. The van der Waals surface area contributed by atoms with Gasteiger partial charge in [0.05, 0.1) is 10.2 Å². The van der Waals surface area contributed by atoms with Crippen molar-refractivity contribution in [3.63, 3.8) is 0 Å². The minimum Gasteiger partial charge on any atom is -0.322 e. The van der Waals surface area contributed by atoms with Crippen molar-refractivity contribution in [2.24, 2.45) is 0 Å². The highest BCUT2D eigenvalue weighted by Gasteiger charge is 2.10. The Balaban J connectivity index is 1.56. The molecule has 4 rings (SSSR count). The molecule has 0 aliphatic carbocycles. The van der Waals surface area contributed by atoms with E-state index in [1.54, 1.807) is 6.92 Å². The first-order valence-corrected chi connectivity index (χ1v) is 9.44. The smallest absolute Gasteiger partial charge is 0.255 e. The number of nitrogens with one attached hydrogen (secondary N) is 2. The van der Waals surface area contributed by atoms with E-state index < -0.39 is 0 Å². The van der Waals surface area contributed by atoms with Gasteiger partial charge in [-0.3, -0.25) is 9.59 Å². The van der Waals surface area contributed by atoms with E-state index in [0.717, 1.165) is 21.0 Å². The van der Waals surface area contributed by atoms with Crippen LogP contribution in [0, 0.1) is 0 Å². The number of thiazole rings is 1. The van der Waals surface area contributed by atoms with Gasteiger partial charge in [-0.1, -0.05) is 48.6 Å². The minimum atomic E-state index is -0.163. The molecular weight excluding hydrogens is 358 g/mol. The lowest BCUT2D eigenvalue weighted by molar-refractivity contribution is -0.115. The summed E-state index contributed by atoms with van der Waals surface area (Å²) in [6, 6.07) is 19.1. The molecule has 0 fully saturated rings. The summed E-state index contributed by atoms with van der Waals surface area (Å²) >= 11 is 1.39. The van der Waals surface area contributed by atoms with Crippen LogP contribution in [-0.4, -0.2) is 16.8 Å². The molecule has 5 nitrogen and oxygen atoms in total. The number of amides is 2. The highest BCUT2D eigenvalue weighted by atomic mass is 32.1. The van der Waals surface area contributed by atoms with Crippen LogP contribution in [0.25, 0.3) is 21.0 Å². The zero-order valence-corrected chi connectivity index (χ0v) is 15.5. The second-order valence-corrected chi connectivity index (χ2v) is 7.15. The molecule has 1 aromatic heterocycles. The van der Waals surface area contributed by atoms with Crippen LogP contribution in [0.5, 0.6) is 0 Å². The van der Waals surface area contributed by atoms with E-state index in [9.17, 15) is 9.59 Å². The quantitative estimate of drug-likeness (QED) is 0.524. The SMILES string of the molecule is CCC(=O)Nc1nc2ccc(NC(=O)c3ccc4ccccc4c3)cc2s1. The van der Waals surface area contributed by atoms with Gasteiger partial charge in [0.1, 0.15) is 0 Å². The molecule has 0 saturated heterocycles. The summed E-state index contributed by atoms with van der Waals surface area (Å²) in [6.07, 6.45) is 0.406. The number of carbonyl (C=O) groups is 2. The zero-order chi connectivity index (χ0) is 18.8. The number of hydrogen-bond donors (Lipinski definition) is 2. The van der Waals surface area contributed by atoms with E-state index in [1.165, 1.54) is 11.3 Å². The number of carbonyl (C=O) groups excluding carboxylic acids is 2. The van der Waals surface area contributed by atoms with Crippen LogP contribution in [-0.2, 0) is 4.79 Å². The topological polar surface area (TPSA) is 71.1 Å². The van der Waals surface area contributed by atoms with E-state index in [2.05, 4.69) is 15.6 Å². The van der Waals surface area contributed by atoms with Gasteiger partial charge in [0, 0.05) is 17.7 Å². The normalized spacial score (nSPS) is 10.9. The number of anilines is 2. The van der Waals surface area contributed by atoms with E-state index in [4.69, 9.17) is 0 Å². The van der Waals surface area contributed by atoms with E-state index >= 15 is 0 Å². The van der Waals surface area contributed by atoms with Crippen LogP contribution in [0.2, 0.25) is 0 Å². The Kier molecular flexibility index (Phi) is 4.56. The molecule has 0 saturated carbocycles. The van der Waals surface area contributed by atoms with Gasteiger partial charge < -0.3 is 10.6 Å². The molecule has 0 aliphatic rings. The van der Waals surface area contributed by atoms with Gasteiger partial charge in [0.25, 0.3) is 5.91 Å². The molecule has 0 spiro atoms. The number of aromatic nitrogens is 1. The number of benzene rings is 3. The van der Waals surface area contributed by atoms with Gasteiger partial charge in [-0.25, -0.2) is 4.98 Å². The monoisotopic (exact) mass is 375 g/mol. The molecule has 2 N–H and O–H groups in total. The van der Waals surface area contributed by atoms with E-state index in [1.807, 2.05) is 60.7 Å². The van der Waals surface area contributed by atoms with Crippen molar-refractivity contribution in [1.82, 2.24) is 4.98 Å². The molecular formula is C21H17N3O2S. The van der Waals surface area contributed by atoms with Crippen molar-refractivity contribution in [3.05, 3.63) is 66.2 Å². The van der Waals surface area contributed by atoms with Gasteiger partial charge in [-0.2, -0.15) is 0 Å². The maximum absolute atomic E-state index is 12.6. The van der Waals surface area contributed by atoms with Crippen molar-refractivity contribution in [2.75, 3.05) is 10.6 Å². The first kappa shape index (κ1) is 17.2. The Bertz CT molecular complexity index is 1170. The maximum atomic E-state index is 12.6. The fourth-order valence-electron chi connectivity index (χ4n) is 2.80. The van der Waals surface area contributed by atoms with Crippen molar-refractivity contribution in [3.8, 4) is 0 Å². The van der Waals surface area contributed by atoms with Gasteiger partial charge in [0.2, 0.25) is 5.91 Å². The molecule has 0 aliphatic heterocycles. The van der Waals surface area contributed by atoms with Crippen molar-refractivity contribution in [1.29, 1.82) is 0 Å². The second-order valence-electron chi connectivity index (χ2n) is 6.12. The Morgan fingerprint density at radius 3 is 2.59 bits per heavy atom. The average molecular weight is 375 g/mol. The number of fused-ring (bicyclic) bond motifs is 2. The fourth-order valence-corrected chi connectivity index (χ4v) is 3.72. The fraction of sp³-hybridized carbons (Fsp3) is 0.0952. The number of nitrogens with zero attached hydrogens (tertiary/aromatic N) is 1. The van der Waals surface area contributed by atoms with Crippen molar-refractivity contribution >= 4 is 55.0 Å². The lowest BCUT2D eigenvalue weighted by Gasteiger charge is -2.06. The molecule has 0 unspecified atom stereocenters. The third-order valence-corrected chi connectivity index (χ3v) is 5.16. The highest BCUT2D eigenvalue weighted by Crippen LogP contribution is 2.28. The summed E-state index contributed by atoms with van der Waals surface area (Å²) in [7, 11) is 0. The van der Waals surface area contributed by atoms with Crippen LogP contribution >= 0.6 is 11.3 Å². The Morgan fingerprint density at radius 2 is 1.78 bits per heavy atom. The Hall–Kier alpha value is -3.25. The summed E-state index contributed by atoms with van der Waals surface area (Å²) in [6.45, 7) is 1.79. The Labute approximate surface area is 160 Å². The Morgan fingerprint density at radius 1 is 0.963 bits per heavy atom. The highest BCUT2D eigenvalue weighted by molar-refractivity contribution is 7.22. The predicted octanol–water partition coefficient (Wildman–Crippen LogP) is 5.05. The van der Waals surface area contributed by atoms with Crippen LogP contribution < -0.4 is 10.6 Å². The van der Waals surface area contributed by atoms with E-state index in [0.29, 0.717) is 22.8 Å². The lowest BCUT2D eigenvalue weighted by atomic mass is 10.1. The largest absolute Gasteiger partial charge is 0.322 e. The van der Waals surface area contributed by atoms with Crippen molar-refractivity contribution < 1.29 is 9.59 Å². The molecule has 134 valence electrons.